The van der Waals surface area contributed by atoms with Crippen LogP contribution < -0.4 is 9.64 Å². The van der Waals surface area contributed by atoms with E-state index >= 15 is 0 Å². The van der Waals surface area contributed by atoms with Gasteiger partial charge in [0.05, 0.1) is 47.2 Å². The van der Waals surface area contributed by atoms with Gasteiger partial charge in [-0.25, -0.2) is 28.2 Å². The topological polar surface area (TPSA) is 127 Å². The van der Waals surface area contributed by atoms with Crippen LogP contribution in [-0.4, -0.2) is 110 Å². The van der Waals surface area contributed by atoms with Gasteiger partial charge in [0.15, 0.2) is 9.84 Å². The molecule has 45 heavy (non-hydrogen) atoms. The van der Waals surface area contributed by atoms with Crippen LogP contribution in [0.2, 0.25) is 0 Å². The number of anilines is 1. The Morgan fingerprint density at radius 3 is 2.44 bits per heavy atom. The molecule has 1 amide bonds. The molecule has 0 spiro atoms. The van der Waals surface area contributed by atoms with Crippen LogP contribution >= 0.6 is 11.3 Å². The normalized spacial score (nSPS) is 18.4. The van der Waals surface area contributed by atoms with Crippen molar-refractivity contribution >= 4 is 43.4 Å². The molecular weight excluding hydrogens is 617 g/mol. The molecule has 3 aromatic heterocycles. The van der Waals surface area contributed by atoms with Gasteiger partial charge in [0.25, 0.3) is 0 Å². The molecule has 0 atom stereocenters. The third-order valence-corrected chi connectivity index (χ3v) is 11.6. The van der Waals surface area contributed by atoms with Gasteiger partial charge >= 0.3 is 6.09 Å². The fourth-order valence-corrected chi connectivity index (χ4v) is 8.57. The van der Waals surface area contributed by atoms with Gasteiger partial charge in [0, 0.05) is 73.6 Å². The Morgan fingerprint density at radius 2 is 1.80 bits per heavy atom. The Hall–Kier alpha value is -3.07. The smallest absolute Gasteiger partial charge is 0.410 e. The number of carbonyl (C=O) groups is 1. The summed E-state index contributed by atoms with van der Waals surface area (Å²) in [5.74, 6) is 0.823. The van der Waals surface area contributed by atoms with E-state index < -0.39 is 15.4 Å². The van der Waals surface area contributed by atoms with Gasteiger partial charge in [-0.3, -0.25) is 4.90 Å². The molecule has 3 aromatic rings. The van der Waals surface area contributed by atoms with Crippen molar-refractivity contribution in [3.63, 3.8) is 0 Å². The van der Waals surface area contributed by atoms with Crippen molar-refractivity contribution in [1.82, 2.24) is 24.8 Å². The quantitative estimate of drug-likeness (QED) is 0.348. The number of ether oxygens (including phenoxy) is 3. The summed E-state index contributed by atoms with van der Waals surface area (Å²) in [6, 6.07) is 1.86. The minimum absolute atomic E-state index is 0.115. The molecule has 0 radical (unpaired) electrons. The summed E-state index contributed by atoms with van der Waals surface area (Å²) in [7, 11) is -1.78. The minimum Gasteiger partial charge on any atom is -0.481 e. The van der Waals surface area contributed by atoms with Crippen LogP contribution in [0, 0.1) is 6.92 Å². The van der Waals surface area contributed by atoms with E-state index in [0.29, 0.717) is 76.2 Å². The highest BCUT2D eigenvalue weighted by molar-refractivity contribution is 7.91. The highest BCUT2D eigenvalue weighted by Crippen LogP contribution is 2.40. The molecule has 2 aliphatic heterocycles. The number of nitrogens with zero attached hydrogens (tertiary/aromatic N) is 6. The molecule has 1 saturated carbocycles. The third kappa shape index (κ3) is 7.18. The summed E-state index contributed by atoms with van der Waals surface area (Å²) in [5.41, 5.74) is 3.51. The second kappa shape index (κ2) is 12.6. The molecule has 2 saturated heterocycles. The maximum atomic E-state index is 12.9. The Morgan fingerprint density at radius 1 is 1.09 bits per heavy atom. The largest absolute Gasteiger partial charge is 0.481 e. The summed E-state index contributed by atoms with van der Waals surface area (Å²) in [4.78, 5) is 34.7. The summed E-state index contributed by atoms with van der Waals surface area (Å²) in [5, 5.41) is -0.280. The molecular formula is C31H42N6O6S2. The third-order valence-electron chi connectivity index (χ3n) is 8.30. The Bertz CT molecular complexity index is 1670. The first-order valence-electron chi connectivity index (χ1n) is 15.5. The van der Waals surface area contributed by atoms with E-state index in [1.165, 1.54) is 7.11 Å². The summed E-state index contributed by atoms with van der Waals surface area (Å²) in [6.45, 7) is 13.7. The first kappa shape index (κ1) is 31.9. The number of hydrogen-bond donors (Lipinski definition) is 0. The van der Waals surface area contributed by atoms with Crippen molar-refractivity contribution in [2.75, 3.05) is 64.5 Å². The molecule has 5 heterocycles. The fourth-order valence-electron chi connectivity index (χ4n) is 5.72. The molecule has 1 aliphatic carbocycles. The zero-order valence-electron chi connectivity index (χ0n) is 26.7. The summed E-state index contributed by atoms with van der Waals surface area (Å²) in [6.07, 6.45) is 2.85. The van der Waals surface area contributed by atoms with Crippen molar-refractivity contribution in [2.45, 2.75) is 63.7 Å². The van der Waals surface area contributed by atoms with E-state index in [1.807, 2.05) is 26.8 Å². The SMILES string of the molecule is COc1ncc(-c2nc(N3CCOCC3)nc3c(CN4CCN(C(=O)OC(C)(C)C)CC4)c(C)sc23)cc1CS(=O)(=O)C1CC1. The number of hydrogen-bond acceptors (Lipinski definition) is 12. The molecule has 244 valence electrons. The number of aryl methyl sites for hydroxylation is 1. The van der Waals surface area contributed by atoms with Crippen LogP contribution in [0.4, 0.5) is 10.7 Å². The highest BCUT2D eigenvalue weighted by Gasteiger charge is 2.36. The van der Waals surface area contributed by atoms with Crippen molar-refractivity contribution in [2.24, 2.45) is 0 Å². The molecule has 6 rings (SSSR count). The first-order valence-corrected chi connectivity index (χ1v) is 18.0. The number of rotatable bonds is 8. The van der Waals surface area contributed by atoms with Crippen LogP contribution in [0.3, 0.4) is 0 Å². The van der Waals surface area contributed by atoms with Crippen LogP contribution in [0.1, 0.15) is 49.6 Å². The average molecular weight is 659 g/mol. The maximum absolute atomic E-state index is 12.9. The van der Waals surface area contributed by atoms with Crippen molar-refractivity contribution < 1.29 is 27.4 Å². The average Bonchev–Trinajstić information content (AvgIpc) is 3.82. The molecule has 0 aromatic carbocycles. The fraction of sp³-hybridized carbons (Fsp3) is 0.613. The van der Waals surface area contributed by atoms with Crippen molar-refractivity contribution in [3.8, 4) is 17.1 Å². The van der Waals surface area contributed by atoms with Gasteiger partial charge in [-0.2, -0.15) is 0 Å². The van der Waals surface area contributed by atoms with Gasteiger partial charge < -0.3 is 24.0 Å². The number of methoxy groups -OCH3 is 1. The number of thiophene rings is 1. The van der Waals surface area contributed by atoms with Gasteiger partial charge in [0.1, 0.15) is 5.60 Å². The van der Waals surface area contributed by atoms with Crippen molar-refractivity contribution in [3.05, 3.63) is 28.3 Å². The molecule has 3 fully saturated rings. The second-order valence-electron chi connectivity index (χ2n) is 12.9. The number of piperazine rings is 1. The zero-order valence-corrected chi connectivity index (χ0v) is 28.3. The predicted molar refractivity (Wildman–Crippen MR) is 174 cm³/mol. The second-order valence-corrected chi connectivity index (χ2v) is 16.4. The zero-order chi connectivity index (χ0) is 31.9. The molecule has 12 nitrogen and oxygen atoms in total. The van der Waals surface area contributed by atoms with Crippen LogP contribution in [-0.2, 0) is 31.6 Å². The van der Waals surface area contributed by atoms with E-state index in [1.54, 1.807) is 22.4 Å². The molecule has 0 bridgehead atoms. The first-order chi connectivity index (χ1) is 21.4. The standard InChI is InChI=1S/C31H42N6O6S2/c1-20-24(18-35-8-10-37(11-9-35)30(38)43-31(2,3)4)26-27(44-20)25(33-29(34-26)36-12-14-42-15-13-36)21-16-22(28(41-5)32-17-21)19-45(39,40)23-6-7-23/h16-17,23H,6-15,18-19H2,1-5H3. The number of amides is 1. The summed E-state index contributed by atoms with van der Waals surface area (Å²) < 4.78 is 43.5. The lowest BCUT2D eigenvalue weighted by atomic mass is 10.1. The lowest BCUT2D eigenvalue weighted by molar-refractivity contribution is 0.0139. The predicted octanol–water partition coefficient (Wildman–Crippen LogP) is 4.04. The van der Waals surface area contributed by atoms with E-state index in [2.05, 4.69) is 21.7 Å². The van der Waals surface area contributed by atoms with Crippen LogP contribution in [0.5, 0.6) is 5.88 Å². The van der Waals surface area contributed by atoms with Gasteiger partial charge in [-0.1, -0.05) is 0 Å². The number of fused-ring (bicyclic) bond motifs is 1. The van der Waals surface area contributed by atoms with E-state index in [-0.39, 0.29) is 17.1 Å². The molecule has 14 heteroatoms. The number of morpholine rings is 1. The molecule has 0 unspecified atom stereocenters. The number of sulfone groups is 1. The van der Waals surface area contributed by atoms with E-state index in [4.69, 9.17) is 24.2 Å². The highest BCUT2D eigenvalue weighted by atomic mass is 32.2. The Balaban J connectivity index is 1.34. The Kier molecular flexibility index (Phi) is 8.94. The lowest BCUT2D eigenvalue weighted by Crippen LogP contribution is -2.49. The monoisotopic (exact) mass is 658 g/mol. The van der Waals surface area contributed by atoms with E-state index in [0.717, 1.165) is 45.0 Å². The van der Waals surface area contributed by atoms with Crippen LogP contribution in [0.15, 0.2) is 12.3 Å². The molecule has 0 N–H and O–H groups in total. The van der Waals surface area contributed by atoms with Gasteiger partial charge in [0.2, 0.25) is 11.8 Å². The number of carbonyl (C=O) groups excluding carboxylic acids is 1. The van der Waals surface area contributed by atoms with E-state index in [9.17, 15) is 13.2 Å². The summed E-state index contributed by atoms with van der Waals surface area (Å²) >= 11 is 1.64. The number of aromatic nitrogens is 3. The number of pyridine rings is 1. The van der Waals surface area contributed by atoms with Gasteiger partial charge in [-0.05, 0) is 46.6 Å². The maximum Gasteiger partial charge on any atom is 0.410 e. The van der Waals surface area contributed by atoms with Crippen LogP contribution in [0.25, 0.3) is 21.5 Å². The lowest BCUT2D eigenvalue weighted by Gasteiger charge is -2.35. The minimum atomic E-state index is -3.29. The Labute approximate surface area is 268 Å². The van der Waals surface area contributed by atoms with Gasteiger partial charge in [-0.15, -0.1) is 11.3 Å². The molecule has 3 aliphatic rings. The van der Waals surface area contributed by atoms with Crippen molar-refractivity contribution in [1.29, 1.82) is 0 Å².